The van der Waals surface area contributed by atoms with Crippen LogP contribution in [0.15, 0.2) is 23.1 Å². The number of carbonyl (C=O) groups is 1. The fourth-order valence-corrected chi connectivity index (χ4v) is 2.77. The van der Waals surface area contributed by atoms with Gasteiger partial charge in [0, 0.05) is 18.5 Å². The van der Waals surface area contributed by atoms with E-state index in [1.165, 1.54) is 18.4 Å². The number of aliphatic hydroxyl groups is 1. The maximum Gasteiger partial charge on any atom is 0.319 e. The van der Waals surface area contributed by atoms with Crippen LogP contribution in [0.25, 0.3) is 0 Å². The summed E-state index contributed by atoms with van der Waals surface area (Å²) in [5.74, 6) is -0.618. The van der Waals surface area contributed by atoms with E-state index in [9.17, 15) is 18.5 Å². The number of halogens is 1. The largest absolute Gasteiger partial charge is 0.393 e. The lowest BCUT2D eigenvalue weighted by atomic mass is 9.87. The second-order valence-corrected chi connectivity index (χ2v) is 7.47. The van der Waals surface area contributed by atoms with Crippen LogP contribution in [0.4, 0.5) is 14.9 Å². The average molecular weight is 330 g/mol. The van der Waals surface area contributed by atoms with Crippen LogP contribution in [0.5, 0.6) is 0 Å². The SMILES string of the molecule is CC(O)CC(C)(C)CNC(=O)Nc1ccc(S(C)=O)c(F)c1. The fourth-order valence-electron chi connectivity index (χ4n) is 2.18. The second kappa shape index (κ2) is 7.69. The summed E-state index contributed by atoms with van der Waals surface area (Å²) in [5.41, 5.74) is 0.0391. The minimum absolute atomic E-state index is 0.101. The van der Waals surface area contributed by atoms with Gasteiger partial charge in [0.2, 0.25) is 0 Å². The zero-order chi connectivity index (χ0) is 16.9. The number of hydrogen-bond acceptors (Lipinski definition) is 3. The molecule has 22 heavy (non-hydrogen) atoms. The van der Waals surface area contributed by atoms with Gasteiger partial charge in [-0.15, -0.1) is 0 Å². The Bertz CT molecular complexity index is 562. The van der Waals surface area contributed by atoms with E-state index < -0.39 is 28.8 Å². The molecule has 124 valence electrons. The Hall–Kier alpha value is -1.47. The molecular formula is C15H23FN2O3S. The standard InChI is InChI=1S/C15H23FN2O3S/c1-10(19)8-15(2,3)9-17-14(20)18-11-5-6-13(22(4)21)12(16)7-11/h5-7,10,19H,8-9H2,1-4H3,(H2,17,18,20). The lowest BCUT2D eigenvalue weighted by Crippen LogP contribution is -2.38. The van der Waals surface area contributed by atoms with Crippen LogP contribution in [-0.4, -0.2) is 34.3 Å². The lowest BCUT2D eigenvalue weighted by Gasteiger charge is -2.26. The van der Waals surface area contributed by atoms with Crippen LogP contribution in [0.2, 0.25) is 0 Å². The Morgan fingerprint density at radius 1 is 1.45 bits per heavy atom. The van der Waals surface area contributed by atoms with Gasteiger partial charge < -0.3 is 15.7 Å². The van der Waals surface area contributed by atoms with Crippen LogP contribution in [0.1, 0.15) is 27.2 Å². The maximum atomic E-state index is 13.7. The van der Waals surface area contributed by atoms with Gasteiger partial charge in [0.1, 0.15) is 5.82 Å². The van der Waals surface area contributed by atoms with Gasteiger partial charge in [-0.25, -0.2) is 9.18 Å². The summed E-state index contributed by atoms with van der Waals surface area (Å²) in [7, 11) is -1.41. The Kier molecular flexibility index (Phi) is 6.49. The molecule has 0 heterocycles. The molecule has 0 radical (unpaired) electrons. The van der Waals surface area contributed by atoms with E-state index in [1.807, 2.05) is 13.8 Å². The van der Waals surface area contributed by atoms with Crippen molar-refractivity contribution in [3.63, 3.8) is 0 Å². The molecule has 0 aromatic heterocycles. The zero-order valence-corrected chi connectivity index (χ0v) is 14.1. The van der Waals surface area contributed by atoms with Gasteiger partial charge in [-0.2, -0.15) is 0 Å². The predicted molar refractivity (Wildman–Crippen MR) is 85.8 cm³/mol. The molecule has 2 unspecified atom stereocenters. The number of urea groups is 1. The first-order chi connectivity index (χ1) is 10.1. The second-order valence-electron chi connectivity index (χ2n) is 6.12. The first-order valence-electron chi connectivity index (χ1n) is 6.96. The molecule has 0 fully saturated rings. The molecular weight excluding hydrogens is 307 g/mol. The van der Waals surface area contributed by atoms with E-state index in [-0.39, 0.29) is 16.0 Å². The third-order valence-electron chi connectivity index (χ3n) is 3.07. The van der Waals surface area contributed by atoms with Crippen molar-refractivity contribution < 1.29 is 18.5 Å². The number of hydrogen-bond donors (Lipinski definition) is 3. The number of anilines is 1. The van der Waals surface area contributed by atoms with Gasteiger partial charge in [-0.05, 0) is 37.0 Å². The quantitative estimate of drug-likeness (QED) is 0.750. The summed E-state index contributed by atoms with van der Waals surface area (Å²) in [6, 6.07) is 3.57. The first kappa shape index (κ1) is 18.6. The lowest BCUT2D eigenvalue weighted by molar-refractivity contribution is 0.129. The van der Waals surface area contributed by atoms with Gasteiger partial charge >= 0.3 is 6.03 Å². The molecule has 0 bridgehead atoms. The van der Waals surface area contributed by atoms with Crippen molar-refractivity contribution in [3.05, 3.63) is 24.0 Å². The predicted octanol–water partition coefficient (Wildman–Crippen LogP) is 2.48. The number of carbonyl (C=O) groups excluding carboxylic acids is 1. The van der Waals surface area contributed by atoms with E-state index in [2.05, 4.69) is 10.6 Å². The van der Waals surface area contributed by atoms with Crippen molar-refractivity contribution in [2.45, 2.75) is 38.2 Å². The van der Waals surface area contributed by atoms with E-state index >= 15 is 0 Å². The number of rotatable bonds is 6. The van der Waals surface area contributed by atoms with Crippen LogP contribution in [0, 0.1) is 11.2 Å². The fraction of sp³-hybridized carbons (Fsp3) is 0.533. The van der Waals surface area contributed by atoms with Crippen molar-refractivity contribution >= 4 is 22.5 Å². The van der Waals surface area contributed by atoms with Crippen LogP contribution in [-0.2, 0) is 10.8 Å². The van der Waals surface area contributed by atoms with E-state index in [0.29, 0.717) is 13.0 Å². The van der Waals surface area contributed by atoms with Crippen molar-refractivity contribution in [1.29, 1.82) is 0 Å². The van der Waals surface area contributed by atoms with Crippen LogP contribution >= 0.6 is 0 Å². The molecule has 5 nitrogen and oxygen atoms in total. The van der Waals surface area contributed by atoms with Gasteiger partial charge in [0.25, 0.3) is 0 Å². The molecule has 2 amide bonds. The topological polar surface area (TPSA) is 78.4 Å². The molecule has 1 aromatic rings. The molecule has 7 heteroatoms. The summed E-state index contributed by atoms with van der Waals surface area (Å²) < 4.78 is 24.9. The highest BCUT2D eigenvalue weighted by molar-refractivity contribution is 7.84. The minimum atomic E-state index is -1.41. The number of benzene rings is 1. The summed E-state index contributed by atoms with van der Waals surface area (Å²) in [4.78, 5) is 11.9. The summed E-state index contributed by atoms with van der Waals surface area (Å²) >= 11 is 0. The van der Waals surface area contributed by atoms with Gasteiger partial charge in [-0.1, -0.05) is 13.8 Å². The first-order valence-corrected chi connectivity index (χ1v) is 8.52. The van der Waals surface area contributed by atoms with E-state index in [4.69, 9.17) is 0 Å². The Morgan fingerprint density at radius 3 is 2.59 bits per heavy atom. The molecule has 2 atom stereocenters. The minimum Gasteiger partial charge on any atom is -0.393 e. The van der Waals surface area contributed by atoms with Crippen molar-refractivity contribution in [3.8, 4) is 0 Å². The summed E-state index contributed by atoms with van der Waals surface area (Å²) in [6.07, 6.45) is 1.50. The molecule has 0 aliphatic heterocycles. The third-order valence-corrected chi connectivity index (χ3v) is 4.03. The molecule has 0 saturated carbocycles. The van der Waals surface area contributed by atoms with Gasteiger partial charge in [-0.3, -0.25) is 4.21 Å². The summed E-state index contributed by atoms with van der Waals surface area (Å²) in [5, 5.41) is 14.6. The number of amides is 2. The highest BCUT2D eigenvalue weighted by atomic mass is 32.2. The summed E-state index contributed by atoms with van der Waals surface area (Å²) in [6.45, 7) is 5.95. The molecule has 0 aliphatic rings. The van der Waals surface area contributed by atoms with E-state index in [0.717, 1.165) is 6.07 Å². The van der Waals surface area contributed by atoms with Gasteiger partial charge in [0.05, 0.1) is 21.8 Å². The monoisotopic (exact) mass is 330 g/mol. The van der Waals surface area contributed by atoms with Crippen LogP contribution in [0.3, 0.4) is 0 Å². The van der Waals surface area contributed by atoms with Crippen LogP contribution < -0.4 is 10.6 Å². The molecule has 3 N–H and O–H groups in total. The average Bonchev–Trinajstić information content (AvgIpc) is 2.34. The Balaban J connectivity index is 2.59. The van der Waals surface area contributed by atoms with Gasteiger partial charge in [0.15, 0.2) is 0 Å². The van der Waals surface area contributed by atoms with E-state index in [1.54, 1.807) is 6.92 Å². The zero-order valence-electron chi connectivity index (χ0n) is 13.3. The molecule has 0 saturated heterocycles. The van der Waals surface area contributed by atoms with Crippen molar-refractivity contribution in [2.75, 3.05) is 18.1 Å². The number of aliphatic hydroxyl groups excluding tert-OH is 1. The maximum absolute atomic E-state index is 13.7. The Morgan fingerprint density at radius 2 is 2.09 bits per heavy atom. The molecule has 0 aliphatic carbocycles. The molecule has 0 spiro atoms. The smallest absolute Gasteiger partial charge is 0.319 e. The number of nitrogens with one attached hydrogen (secondary N) is 2. The Labute approximate surface area is 132 Å². The third kappa shape index (κ3) is 6.11. The highest BCUT2D eigenvalue weighted by Crippen LogP contribution is 2.21. The highest BCUT2D eigenvalue weighted by Gasteiger charge is 2.21. The normalized spacial score (nSPS) is 14.3. The van der Waals surface area contributed by atoms with Crippen molar-refractivity contribution in [2.24, 2.45) is 5.41 Å². The molecule has 1 aromatic carbocycles. The van der Waals surface area contributed by atoms with Crippen molar-refractivity contribution in [1.82, 2.24) is 5.32 Å². The molecule has 1 rings (SSSR count).